The van der Waals surface area contributed by atoms with Crippen molar-refractivity contribution < 1.29 is 4.74 Å². The first kappa shape index (κ1) is 21.2. The van der Waals surface area contributed by atoms with Crippen LogP contribution < -0.4 is 5.73 Å². The Balaban J connectivity index is 3.16. The summed E-state index contributed by atoms with van der Waals surface area (Å²) in [6.07, 6.45) is -0.243. The molecular weight excluding hydrogens is 334 g/mol. The number of halogens is 1. The van der Waals surface area contributed by atoms with Crippen molar-refractivity contribution in [3.05, 3.63) is 34.9 Å². The molecule has 0 saturated carbocycles. The predicted octanol–water partition coefficient (Wildman–Crippen LogP) is 5.58. The molecule has 2 nitrogen and oxygen atoms in total. The maximum Gasteiger partial charge on any atom is 0.146 e. The van der Waals surface area contributed by atoms with E-state index in [2.05, 4.69) is 53.0 Å². The highest BCUT2D eigenvalue weighted by Gasteiger charge is 2.41. The second-order valence-corrected chi connectivity index (χ2v) is 13.4. The van der Waals surface area contributed by atoms with Crippen molar-refractivity contribution in [2.24, 2.45) is 5.73 Å². The third-order valence-electron chi connectivity index (χ3n) is 5.10. The van der Waals surface area contributed by atoms with E-state index in [1.165, 1.54) is 0 Å². The van der Waals surface area contributed by atoms with Crippen LogP contribution in [-0.2, 0) is 4.74 Å². The van der Waals surface area contributed by atoms with E-state index in [0.29, 0.717) is 21.6 Å². The minimum Gasteiger partial charge on any atom is -0.374 e. The van der Waals surface area contributed by atoms with Gasteiger partial charge in [0.15, 0.2) is 0 Å². The Kier molecular flexibility index (Phi) is 8.02. The average molecular weight is 366 g/mol. The predicted molar refractivity (Wildman–Crippen MR) is 108 cm³/mol. The third kappa shape index (κ3) is 4.64. The van der Waals surface area contributed by atoms with Gasteiger partial charge in [0.2, 0.25) is 0 Å². The van der Waals surface area contributed by atoms with E-state index >= 15 is 0 Å². The van der Waals surface area contributed by atoms with Crippen LogP contribution in [0.4, 0.5) is 0 Å². The Bertz CT molecular complexity index is 550. The van der Waals surface area contributed by atoms with Gasteiger partial charge in [0.1, 0.15) is 14.2 Å². The average Bonchev–Trinajstić information content (AvgIpc) is 2.49. The molecule has 0 aliphatic rings. The summed E-state index contributed by atoms with van der Waals surface area (Å²) < 4.78 is 5.63. The second kappa shape index (κ2) is 9.06. The van der Waals surface area contributed by atoms with E-state index in [1.807, 2.05) is 24.3 Å². The number of methoxy groups -OCH3 is 1. The zero-order chi connectivity index (χ0) is 18.5. The summed E-state index contributed by atoms with van der Waals surface area (Å²) in [5.74, 6) is 3.36. The lowest BCUT2D eigenvalue weighted by molar-refractivity contribution is 0.0949. The van der Waals surface area contributed by atoms with E-state index in [-0.39, 0.29) is 12.1 Å². The SMILES string of the molecule is CO[C@@H](c1ccc(Cl)cc1)[C@H](N)C#C[Si](C(C)C)(C(C)C)C(C)C. The Labute approximate surface area is 154 Å². The molecule has 0 saturated heterocycles. The molecular formula is C20H32ClNOSi. The van der Waals surface area contributed by atoms with Gasteiger partial charge in [-0.15, -0.1) is 5.54 Å². The van der Waals surface area contributed by atoms with E-state index in [0.717, 1.165) is 5.56 Å². The van der Waals surface area contributed by atoms with Crippen LogP contribution in [0.15, 0.2) is 24.3 Å². The standard InChI is InChI=1S/C20H32ClNOSi/c1-14(2)24(15(3)4,16(5)6)13-12-19(22)20(23-7)17-8-10-18(21)11-9-17/h8-11,14-16,19-20H,22H2,1-7H3/t19-,20+/m1/s1. The van der Waals surface area contributed by atoms with Crippen molar-refractivity contribution in [2.45, 2.75) is 70.3 Å². The molecule has 0 heterocycles. The minimum absolute atomic E-state index is 0.243. The smallest absolute Gasteiger partial charge is 0.146 e. The fraction of sp³-hybridized carbons (Fsp3) is 0.600. The first-order chi connectivity index (χ1) is 11.2. The fourth-order valence-electron chi connectivity index (χ4n) is 3.86. The van der Waals surface area contributed by atoms with Gasteiger partial charge in [0, 0.05) is 12.1 Å². The van der Waals surface area contributed by atoms with E-state index in [9.17, 15) is 0 Å². The molecule has 2 N–H and O–H groups in total. The summed E-state index contributed by atoms with van der Waals surface area (Å²) >= 11 is 5.97. The van der Waals surface area contributed by atoms with Gasteiger partial charge in [0.25, 0.3) is 0 Å². The molecule has 4 heteroatoms. The minimum atomic E-state index is -1.78. The van der Waals surface area contributed by atoms with Gasteiger partial charge in [0.05, 0.1) is 6.04 Å². The molecule has 134 valence electrons. The Morgan fingerprint density at radius 3 is 1.79 bits per heavy atom. The maximum atomic E-state index is 6.40. The van der Waals surface area contributed by atoms with E-state index in [4.69, 9.17) is 22.1 Å². The Hall–Kier alpha value is -0.793. The maximum absolute atomic E-state index is 6.40. The molecule has 24 heavy (non-hydrogen) atoms. The molecule has 1 aromatic carbocycles. The quantitative estimate of drug-likeness (QED) is 0.527. The normalized spacial score (nSPS) is 14.7. The molecule has 0 bridgehead atoms. The molecule has 0 aromatic heterocycles. The second-order valence-electron chi connectivity index (χ2n) is 7.40. The van der Waals surface area contributed by atoms with Gasteiger partial charge in [-0.1, -0.05) is 71.2 Å². The highest BCUT2D eigenvalue weighted by molar-refractivity contribution is 6.90. The zero-order valence-electron chi connectivity index (χ0n) is 16.1. The molecule has 0 aliphatic carbocycles. The lowest BCUT2D eigenvalue weighted by Crippen LogP contribution is -2.44. The van der Waals surface area contributed by atoms with E-state index < -0.39 is 8.07 Å². The van der Waals surface area contributed by atoms with Crippen LogP contribution in [0.25, 0.3) is 0 Å². The number of rotatable bonds is 6. The zero-order valence-corrected chi connectivity index (χ0v) is 17.8. The molecule has 2 atom stereocenters. The number of nitrogens with two attached hydrogens (primary N) is 1. The van der Waals surface area contributed by atoms with Crippen molar-refractivity contribution in [2.75, 3.05) is 7.11 Å². The summed E-state index contributed by atoms with van der Waals surface area (Å²) in [5.41, 5.74) is 12.9. The Morgan fingerprint density at radius 2 is 1.42 bits per heavy atom. The Morgan fingerprint density at radius 1 is 0.958 bits per heavy atom. The summed E-state index contributed by atoms with van der Waals surface area (Å²) in [6.45, 7) is 13.8. The van der Waals surface area contributed by atoms with Crippen molar-refractivity contribution >= 4 is 19.7 Å². The molecule has 0 unspecified atom stereocenters. The third-order valence-corrected chi connectivity index (χ3v) is 11.7. The number of hydrogen-bond donors (Lipinski definition) is 1. The van der Waals surface area contributed by atoms with Crippen LogP contribution in [-0.4, -0.2) is 21.2 Å². The first-order valence-corrected chi connectivity index (χ1v) is 11.3. The number of ether oxygens (including phenoxy) is 1. The van der Waals surface area contributed by atoms with E-state index in [1.54, 1.807) is 7.11 Å². The van der Waals surface area contributed by atoms with Gasteiger partial charge in [-0.25, -0.2) is 0 Å². The van der Waals surface area contributed by atoms with Crippen molar-refractivity contribution in [3.63, 3.8) is 0 Å². The van der Waals surface area contributed by atoms with Gasteiger partial charge < -0.3 is 10.5 Å². The summed E-state index contributed by atoms with van der Waals surface area (Å²) in [7, 11) is -0.0972. The lowest BCUT2D eigenvalue weighted by Gasteiger charge is -2.38. The van der Waals surface area contributed by atoms with Crippen molar-refractivity contribution in [1.29, 1.82) is 0 Å². The molecule has 0 amide bonds. The number of benzene rings is 1. The lowest BCUT2D eigenvalue weighted by atomic mass is 10.0. The van der Waals surface area contributed by atoms with Crippen LogP contribution in [0.1, 0.15) is 53.2 Å². The number of hydrogen-bond acceptors (Lipinski definition) is 2. The van der Waals surface area contributed by atoms with Gasteiger partial charge in [-0.3, -0.25) is 0 Å². The summed E-state index contributed by atoms with van der Waals surface area (Å²) in [6, 6.07) is 7.28. The van der Waals surface area contributed by atoms with Crippen LogP contribution in [0.2, 0.25) is 21.6 Å². The highest BCUT2D eigenvalue weighted by atomic mass is 35.5. The van der Waals surface area contributed by atoms with Crippen LogP contribution in [0.3, 0.4) is 0 Å². The van der Waals surface area contributed by atoms with Gasteiger partial charge >= 0.3 is 0 Å². The molecule has 1 rings (SSSR count). The molecule has 1 aromatic rings. The molecule has 0 fully saturated rings. The fourth-order valence-corrected chi connectivity index (χ4v) is 9.27. The van der Waals surface area contributed by atoms with Crippen molar-refractivity contribution in [1.82, 2.24) is 0 Å². The first-order valence-electron chi connectivity index (χ1n) is 8.73. The molecule has 0 aliphatic heterocycles. The topological polar surface area (TPSA) is 35.2 Å². The van der Waals surface area contributed by atoms with Crippen LogP contribution in [0, 0.1) is 11.5 Å². The summed E-state index contributed by atoms with van der Waals surface area (Å²) in [4.78, 5) is 0. The van der Waals surface area contributed by atoms with Crippen LogP contribution in [0.5, 0.6) is 0 Å². The monoisotopic (exact) mass is 365 g/mol. The highest BCUT2D eigenvalue weighted by Crippen LogP contribution is 2.40. The summed E-state index contributed by atoms with van der Waals surface area (Å²) in [5, 5.41) is 0.708. The van der Waals surface area contributed by atoms with Gasteiger partial charge in [-0.2, -0.15) is 0 Å². The van der Waals surface area contributed by atoms with Gasteiger partial charge in [-0.05, 0) is 34.3 Å². The largest absolute Gasteiger partial charge is 0.374 e. The van der Waals surface area contributed by atoms with Crippen LogP contribution >= 0.6 is 11.6 Å². The van der Waals surface area contributed by atoms with Crippen molar-refractivity contribution in [3.8, 4) is 11.5 Å². The molecule has 0 radical (unpaired) electrons. The molecule has 0 spiro atoms.